The van der Waals surface area contributed by atoms with Crippen LogP contribution in [-0.2, 0) is 0 Å². The third kappa shape index (κ3) is 4.00. The van der Waals surface area contributed by atoms with Gasteiger partial charge in [0.05, 0.1) is 0 Å². The summed E-state index contributed by atoms with van der Waals surface area (Å²) in [5.74, 6) is 1.53. The summed E-state index contributed by atoms with van der Waals surface area (Å²) in [6.07, 6.45) is 35.4. The summed E-state index contributed by atoms with van der Waals surface area (Å²) in [7, 11) is -1.93. The Labute approximate surface area is 282 Å². The van der Waals surface area contributed by atoms with Crippen LogP contribution in [0.3, 0.4) is 0 Å². The molecule has 4 atom stereocenters. The Morgan fingerprint density at radius 2 is 1.57 bits per heavy atom. The second-order valence-electron chi connectivity index (χ2n) is 14.3. The molecule has 2 heterocycles. The molecule has 228 valence electrons. The van der Waals surface area contributed by atoms with Gasteiger partial charge in [0.1, 0.15) is 8.07 Å². The zero-order valence-corrected chi connectivity index (χ0v) is 28.7. The standard InChI is InChI=1S/C44H37NSSi/c1-47(2)41-26-25-37-36-15-8-9-18-40(36)46-44(37)43(41)38-22-20-30(27-42(38)47)45(29-12-4-3-5-13-29)39-17-10-16-32-34-21-19-28-11-6-7-14-31(28)33(34)23-24-35(32)39/h4,6-28,31-32,35H,3,5H2,1-2H3. The molecular weight excluding hydrogens is 603 g/mol. The molecule has 1 aliphatic heterocycles. The van der Waals surface area contributed by atoms with Gasteiger partial charge in [0.2, 0.25) is 0 Å². The van der Waals surface area contributed by atoms with Crippen molar-refractivity contribution in [2.45, 2.75) is 25.9 Å². The lowest BCUT2D eigenvalue weighted by atomic mass is 9.67. The zero-order valence-electron chi connectivity index (χ0n) is 26.9. The van der Waals surface area contributed by atoms with Crippen LogP contribution in [0.15, 0.2) is 162 Å². The molecule has 1 nitrogen and oxygen atoms in total. The first kappa shape index (κ1) is 27.6. The number of benzene rings is 3. The molecule has 0 radical (unpaired) electrons. The topological polar surface area (TPSA) is 3.24 Å². The molecule has 6 aliphatic rings. The van der Waals surface area contributed by atoms with Crippen molar-refractivity contribution in [3.05, 3.63) is 162 Å². The van der Waals surface area contributed by atoms with Crippen LogP contribution >= 0.6 is 11.3 Å². The predicted molar refractivity (Wildman–Crippen MR) is 205 cm³/mol. The van der Waals surface area contributed by atoms with E-state index >= 15 is 0 Å². The van der Waals surface area contributed by atoms with E-state index in [1.807, 2.05) is 11.3 Å². The Kier molecular flexibility index (Phi) is 6.05. The van der Waals surface area contributed by atoms with Crippen LogP contribution in [0.2, 0.25) is 13.1 Å². The van der Waals surface area contributed by atoms with E-state index in [4.69, 9.17) is 0 Å². The number of allylic oxidation sites excluding steroid dienone is 16. The molecule has 3 heteroatoms. The fraction of sp³-hybridized carbons (Fsp3) is 0.182. The highest BCUT2D eigenvalue weighted by Crippen LogP contribution is 2.48. The summed E-state index contributed by atoms with van der Waals surface area (Å²) in [6.45, 7) is 5.11. The van der Waals surface area contributed by atoms with E-state index in [0.29, 0.717) is 17.8 Å². The molecule has 3 aromatic carbocycles. The Hall–Kier alpha value is -4.44. The Balaban J connectivity index is 1.10. The van der Waals surface area contributed by atoms with Crippen molar-refractivity contribution < 1.29 is 0 Å². The van der Waals surface area contributed by atoms with Gasteiger partial charge in [0.15, 0.2) is 0 Å². The quantitative estimate of drug-likeness (QED) is 0.202. The average Bonchev–Trinajstić information content (AvgIpc) is 3.61. The third-order valence-corrected chi connectivity index (χ3v) is 16.2. The molecule has 0 spiro atoms. The van der Waals surface area contributed by atoms with E-state index in [-0.39, 0.29) is 5.92 Å². The van der Waals surface area contributed by atoms with Gasteiger partial charge >= 0.3 is 0 Å². The zero-order chi connectivity index (χ0) is 31.3. The molecule has 0 saturated carbocycles. The number of rotatable bonds is 3. The van der Waals surface area contributed by atoms with Crippen molar-refractivity contribution in [2.75, 3.05) is 4.90 Å². The number of thiophene rings is 1. The van der Waals surface area contributed by atoms with Crippen molar-refractivity contribution in [1.29, 1.82) is 0 Å². The maximum atomic E-state index is 2.59. The summed E-state index contributed by atoms with van der Waals surface area (Å²) in [5, 5.41) is 5.92. The highest BCUT2D eigenvalue weighted by Gasteiger charge is 2.41. The first-order valence-electron chi connectivity index (χ1n) is 17.2. The van der Waals surface area contributed by atoms with E-state index in [1.54, 1.807) is 10.4 Å². The van der Waals surface area contributed by atoms with Crippen LogP contribution in [-0.4, -0.2) is 8.07 Å². The molecule has 0 N–H and O–H groups in total. The molecule has 10 rings (SSSR count). The minimum Gasteiger partial charge on any atom is -0.314 e. The largest absolute Gasteiger partial charge is 0.314 e. The Morgan fingerprint density at radius 1 is 0.723 bits per heavy atom. The van der Waals surface area contributed by atoms with Crippen molar-refractivity contribution >= 4 is 55.6 Å². The van der Waals surface area contributed by atoms with E-state index in [9.17, 15) is 0 Å². The predicted octanol–water partition coefficient (Wildman–Crippen LogP) is 10.4. The highest BCUT2D eigenvalue weighted by molar-refractivity contribution is 7.26. The minimum absolute atomic E-state index is 0.285. The van der Waals surface area contributed by atoms with Gasteiger partial charge < -0.3 is 4.90 Å². The first-order valence-corrected chi connectivity index (χ1v) is 21.0. The first-order chi connectivity index (χ1) is 23.1. The summed E-state index contributed by atoms with van der Waals surface area (Å²) < 4.78 is 2.84. The van der Waals surface area contributed by atoms with Crippen LogP contribution in [0.25, 0.3) is 31.3 Å². The van der Waals surface area contributed by atoms with Crippen molar-refractivity contribution in [1.82, 2.24) is 0 Å². The van der Waals surface area contributed by atoms with E-state index in [1.165, 1.54) is 59.5 Å². The van der Waals surface area contributed by atoms with Crippen molar-refractivity contribution in [3.63, 3.8) is 0 Å². The summed E-state index contributed by atoms with van der Waals surface area (Å²) in [4.78, 5) is 2.59. The minimum atomic E-state index is -1.93. The lowest BCUT2D eigenvalue weighted by Gasteiger charge is -2.42. The fourth-order valence-electron chi connectivity index (χ4n) is 9.11. The molecule has 0 amide bonds. The van der Waals surface area contributed by atoms with Crippen LogP contribution in [0.1, 0.15) is 12.8 Å². The van der Waals surface area contributed by atoms with Gasteiger partial charge in [-0.1, -0.05) is 122 Å². The summed E-state index contributed by atoms with van der Waals surface area (Å²) in [5.41, 5.74) is 9.87. The highest BCUT2D eigenvalue weighted by atomic mass is 32.1. The van der Waals surface area contributed by atoms with Gasteiger partial charge in [0, 0.05) is 60.9 Å². The molecule has 4 unspecified atom stereocenters. The molecule has 0 saturated heterocycles. The van der Waals surface area contributed by atoms with Crippen molar-refractivity contribution in [3.8, 4) is 11.1 Å². The molecule has 47 heavy (non-hydrogen) atoms. The number of nitrogens with zero attached hydrogens (tertiary/aromatic N) is 1. The van der Waals surface area contributed by atoms with Gasteiger partial charge in [-0.2, -0.15) is 0 Å². The van der Waals surface area contributed by atoms with Gasteiger partial charge in [-0.15, -0.1) is 11.3 Å². The van der Waals surface area contributed by atoms with Gasteiger partial charge in [-0.25, -0.2) is 0 Å². The maximum absolute atomic E-state index is 2.59. The monoisotopic (exact) mass is 639 g/mol. The second kappa shape index (κ2) is 10.3. The fourth-order valence-corrected chi connectivity index (χ4v) is 13.5. The lowest BCUT2D eigenvalue weighted by Crippen LogP contribution is -2.49. The molecule has 1 aromatic heterocycles. The van der Waals surface area contributed by atoms with E-state index < -0.39 is 8.07 Å². The summed E-state index contributed by atoms with van der Waals surface area (Å²) in [6, 6.07) is 21.2. The molecule has 4 aromatic rings. The molecule has 5 aliphatic carbocycles. The maximum Gasteiger partial charge on any atom is 0.114 e. The van der Waals surface area contributed by atoms with Crippen LogP contribution in [0, 0.1) is 23.7 Å². The molecule has 0 bridgehead atoms. The summed E-state index contributed by atoms with van der Waals surface area (Å²) >= 11 is 1.97. The molecular formula is C44H37NSSi. The van der Waals surface area contributed by atoms with Crippen molar-refractivity contribution in [2.24, 2.45) is 23.7 Å². The SMILES string of the molecule is C[Si]1(C)c2cc(N(C3=CCCC=C3)C3=CC=CC4C5=C(C=CC34)C3C=CC=CC3C=C5)ccc2-c2c1ccc1c2sc2ccccc21. The van der Waals surface area contributed by atoms with Gasteiger partial charge in [0.25, 0.3) is 0 Å². The van der Waals surface area contributed by atoms with Gasteiger partial charge in [-0.05, 0) is 75.8 Å². The smallest absolute Gasteiger partial charge is 0.114 e. The van der Waals surface area contributed by atoms with E-state index in [2.05, 4.69) is 158 Å². The third-order valence-electron chi connectivity index (χ3n) is 11.4. The lowest BCUT2D eigenvalue weighted by molar-refractivity contribution is 0.544. The number of hydrogen-bond donors (Lipinski definition) is 0. The number of anilines is 1. The second-order valence-corrected chi connectivity index (χ2v) is 19.7. The van der Waals surface area contributed by atoms with Gasteiger partial charge in [-0.3, -0.25) is 0 Å². The average molecular weight is 640 g/mol. The van der Waals surface area contributed by atoms with Crippen LogP contribution < -0.4 is 15.3 Å². The van der Waals surface area contributed by atoms with E-state index in [0.717, 1.165) is 12.8 Å². The number of hydrogen-bond acceptors (Lipinski definition) is 2. The van der Waals surface area contributed by atoms with Crippen LogP contribution in [0.4, 0.5) is 5.69 Å². The normalized spacial score (nSPS) is 25.7. The Bertz CT molecular complexity index is 2310. The number of fused-ring (bicyclic) bond motifs is 11. The molecule has 0 fully saturated rings. The Morgan fingerprint density at radius 3 is 2.49 bits per heavy atom. The van der Waals surface area contributed by atoms with Crippen LogP contribution in [0.5, 0.6) is 0 Å².